The van der Waals surface area contributed by atoms with E-state index in [1.54, 1.807) is 0 Å². The molecular weight excluding hydrogens is 226 g/mol. The first kappa shape index (κ1) is 11.3. The van der Waals surface area contributed by atoms with E-state index in [0.717, 1.165) is 54.0 Å². The van der Waals surface area contributed by atoms with Crippen LogP contribution in [0.15, 0.2) is 24.3 Å². The first-order chi connectivity index (χ1) is 8.74. The molecule has 1 aromatic heterocycles. The third kappa shape index (κ3) is 1.99. The van der Waals surface area contributed by atoms with Crippen LogP contribution in [-0.4, -0.2) is 18.1 Å². The molecule has 0 atom stereocenters. The van der Waals surface area contributed by atoms with Crippen LogP contribution in [0.1, 0.15) is 18.5 Å². The van der Waals surface area contributed by atoms with Gasteiger partial charge >= 0.3 is 0 Å². The molecule has 0 bridgehead atoms. The number of hydrogen-bond donors (Lipinski definition) is 1. The van der Waals surface area contributed by atoms with Gasteiger partial charge in [-0.1, -0.05) is 0 Å². The Bertz CT molecular complexity index is 577. The number of nitrogen functional groups attached to an aromatic ring is 1. The molecule has 0 saturated carbocycles. The highest BCUT2D eigenvalue weighted by Gasteiger charge is 2.15. The van der Waals surface area contributed by atoms with Gasteiger partial charge in [-0.3, -0.25) is 14.9 Å². The van der Waals surface area contributed by atoms with Crippen LogP contribution < -0.4 is 10.8 Å². The Labute approximate surface area is 106 Å². The van der Waals surface area contributed by atoms with Gasteiger partial charge in [0.1, 0.15) is 0 Å². The maximum absolute atomic E-state index is 5.87. The maximum Gasteiger partial charge on any atom is 0.0749 e. The van der Waals surface area contributed by atoms with Crippen LogP contribution in [0.2, 0.25) is 0 Å². The molecule has 2 heterocycles. The minimum atomic E-state index is 0.756. The van der Waals surface area contributed by atoms with Gasteiger partial charge in [0, 0.05) is 23.3 Å². The van der Waals surface area contributed by atoms with Crippen molar-refractivity contribution in [1.82, 2.24) is 4.98 Å². The molecule has 0 radical (unpaired) electrons. The van der Waals surface area contributed by atoms with Crippen LogP contribution in [0.4, 0.5) is 11.4 Å². The number of anilines is 2. The Morgan fingerprint density at radius 1 is 1.28 bits per heavy atom. The van der Waals surface area contributed by atoms with Crippen LogP contribution >= 0.6 is 0 Å². The van der Waals surface area contributed by atoms with Gasteiger partial charge in [0.05, 0.1) is 17.8 Å². The van der Waals surface area contributed by atoms with Gasteiger partial charge < -0.3 is 5.73 Å². The summed E-state index contributed by atoms with van der Waals surface area (Å²) in [5.74, 6) is 0. The van der Waals surface area contributed by atoms with Gasteiger partial charge in [0.2, 0.25) is 0 Å². The summed E-state index contributed by atoms with van der Waals surface area (Å²) in [6, 6.07) is 7.88. The summed E-state index contributed by atoms with van der Waals surface area (Å²) in [6.07, 6.45) is 2.28. The number of nitrogens with zero attached hydrogens (tertiary/aromatic N) is 2. The molecular formula is C14H17N3O. The fraction of sp³-hybridized carbons (Fsp3) is 0.357. The Kier molecular flexibility index (Phi) is 2.80. The predicted octanol–water partition coefficient (Wildman–Crippen LogP) is 2.66. The molecule has 1 aliphatic heterocycles. The van der Waals surface area contributed by atoms with E-state index in [4.69, 9.17) is 10.6 Å². The molecule has 0 unspecified atom stereocenters. The standard InChI is InChI=1S/C14H17N3O/c1-10-8-14(17-6-2-3-7-18-17)12-9-11(15)4-5-13(12)16-10/h4-5,8-9H,2-3,6-7,15H2,1H3. The van der Waals surface area contributed by atoms with Crippen molar-refractivity contribution in [3.8, 4) is 0 Å². The second-order valence-corrected chi connectivity index (χ2v) is 4.70. The number of benzene rings is 1. The molecule has 2 aromatic rings. The van der Waals surface area contributed by atoms with Crippen molar-refractivity contribution in [3.05, 3.63) is 30.0 Å². The molecule has 1 fully saturated rings. The van der Waals surface area contributed by atoms with Crippen LogP contribution in [0, 0.1) is 6.92 Å². The Balaban J connectivity index is 2.16. The molecule has 0 aliphatic carbocycles. The van der Waals surface area contributed by atoms with E-state index >= 15 is 0 Å². The Hall–Kier alpha value is -1.81. The zero-order valence-corrected chi connectivity index (χ0v) is 10.5. The van der Waals surface area contributed by atoms with E-state index in [1.807, 2.05) is 30.2 Å². The summed E-state index contributed by atoms with van der Waals surface area (Å²) in [4.78, 5) is 10.3. The lowest BCUT2D eigenvalue weighted by atomic mass is 10.1. The number of aryl methyl sites for hydroxylation is 1. The monoisotopic (exact) mass is 243 g/mol. The smallest absolute Gasteiger partial charge is 0.0749 e. The molecule has 2 N–H and O–H groups in total. The fourth-order valence-corrected chi connectivity index (χ4v) is 2.35. The van der Waals surface area contributed by atoms with Crippen LogP contribution in [0.5, 0.6) is 0 Å². The van der Waals surface area contributed by atoms with Gasteiger partial charge in [-0.15, -0.1) is 0 Å². The minimum absolute atomic E-state index is 0.756. The molecule has 4 heteroatoms. The number of rotatable bonds is 1. The molecule has 1 saturated heterocycles. The number of pyridine rings is 1. The van der Waals surface area contributed by atoms with E-state index in [0.29, 0.717) is 0 Å². The van der Waals surface area contributed by atoms with E-state index in [-0.39, 0.29) is 0 Å². The maximum atomic E-state index is 5.87. The largest absolute Gasteiger partial charge is 0.399 e. The summed E-state index contributed by atoms with van der Waals surface area (Å²) in [5.41, 5.74) is 9.67. The lowest BCUT2D eigenvalue weighted by Crippen LogP contribution is -2.30. The summed E-state index contributed by atoms with van der Waals surface area (Å²) in [7, 11) is 0. The zero-order chi connectivity index (χ0) is 12.5. The van der Waals surface area contributed by atoms with E-state index < -0.39 is 0 Å². The second kappa shape index (κ2) is 4.46. The number of aromatic nitrogens is 1. The second-order valence-electron chi connectivity index (χ2n) is 4.70. The van der Waals surface area contributed by atoms with Crippen LogP contribution in [0.25, 0.3) is 10.9 Å². The van der Waals surface area contributed by atoms with Gasteiger partial charge in [-0.05, 0) is 44.0 Å². The summed E-state index contributed by atoms with van der Waals surface area (Å²) in [6.45, 7) is 3.71. The number of hydroxylamine groups is 1. The van der Waals surface area contributed by atoms with Crippen molar-refractivity contribution >= 4 is 22.3 Å². The van der Waals surface area contributed by atoms with Gasteiger partial charge in [0.25, 0.3) is 0 Å². The molecule has 1 aromatic carbocycles. The number of hydrogen-bond acceptors (Lipinski definition) is 4. The highest BCUT2D eigenvalue weighted by molar-refractivity contribution is 5.93. The van der Waals surface area contributed by atoms with Crippen molar-refractivity contribution in [1.29, 1.82) is 0 Å². The van der Waals surface area contributed by atoms with Crippen molar-refractivity contribution in [3.63, 3.8) is 0 Å². The molecule has 4 nitrogen and oxygen atoms in total. The van der Waals surface area contributed by atoms with E-state index in [2.05, 4.69) is 11.1 Å². The molecule has 94 valence electrons. The normalized spacial score (nSPS) is 16.2. The average Bonchev–Trinajstić information content (AvgIpc) is 2.39. The van der Waals surface area contributed by atoms with Crippen molar-refractivity contribution in [2.24, 2.45) is 0 Å². The highest BCUT2D eigenvalue weighted by atomic mass is 16.7. The Morgan fingerprint density at radius 2 is 2.17 bits per heavy atom. The molecule has 1 aliphatic rings. The van der Waals surface area contributed by atoms with Gasteiger partial charge in [-0.25, -0.2) is 0 Å². The molecule has 18 heavy (non-hydrogen) atoms. The lowest BCUT2D eigenvalue weighted by molar-refractivity contribution is 0.0784. The number of nitrogens with two attached hydrogens (primary N) is 1. The lowest BCUT2D eigenvalue weighted by Gasteiger charge is -2.29. The predicted molar refractivity (Wildman–Crippen MR) is 73.4 cm³/mol. The summed E-state index contributed by atoms with van der Waals surface area (Å²) < 4.78 is 0. The van der Waals surface area contributed by atoms with Gasteiger partial charge in [0.15, 0.2) is 0 Å². The van der Waals surface area contributed by atoms with Crippen molar-refractivity contribution in [2.45, 2.75) is 19.8 Å². The Morgan fingerprint density at radius 3 is 2.94 bits per heavy atom. The minimum Gasteiger partial charge on any atom is -0.399 e. The molecule has 0 amide bonds. The van der Waals surface area contributed by atoms with E-state index in [9.17, 15) is 0 Å². The third-order valence-corrected chi connectivity index (χ3v) is 3.21. The quantitative estimate of drug-likeness (QED) is 0.782. The fourth-order valence-electron chi connectivity index (χ4n) is 2.35. The first-order valence-corrected chi connectivity index (χ1v) is 6.31. The van der Waals surface area contributed by atoms with Crippen LogP contribution in [-0.2, 0) is 4.84 Å². The highest BCUT2D eigenvalue weighted by Crippen LogP contribution is 2.30. The average molecular weight is 243 g/mol. The summed E-state index contributed by atoms with van der Waals surface area (Å²) in [5, 5.41) is 3.03. The van der Waals surface area contributed by atoms with Crippen molar-refractivity contribution < 1.29 is 4.84 Å². The SMILES string of the molecule is Cc1cc(N2CCCCO2)c2cc(N)ccc2n1. The molecule has 3 rings (SSSR count). The third-order valence-electron chi connectivity index (χ3n) is 3.21. The zero-order valence-electron chi connectivity index (χ0n) is 10.5. The van der Waals surface area contributed by atoms with Crippen LogP contribution in [0.3, 0.4) is 0 Å². The van der Waals surface area contributed by atoms with E-state index in [1.165, 1.54) is 0 Å². The molecule has 0 spiro atoms. The van der Waals surface area contributed by atoms with Gasteiger partial charge in [-0.2, -0.15) is 0 Å². The number of fused-ring (bicyclic) bond motifs is 1. The first-order valence-electron chi connectivity index (χ1n) is 6.31. The summed E-state index contributed by atoms with van der Waals surface area (Å²) >= 11 is 0. The topological polar surface area (TPSA) is 51.4 Å². The van der Waals surface area contributed by atoms with Crippen molar-refractivity contribution in [2.75, 3.05) is 23.9 Å².